The molecule has 1 atom stereocenters. The van der Waals surface area contributed by atoms with Gasteiger partial charge in [0.2, 0.25) is 5.91 Å². The molecule has 0 saturated heterocycles. The number of hydrogen-bond acceptors (Lipinski definition) is 1. The van der Waals surface area contributed by atoms with Gasteiger partial charge in [0.15, 0.2) is 0 Å². The van der Waals surface area contributed by atoms with Crippen molar-refractivity contribution in [1.82, 2.24) is 0 Å². The fraction of sp³-hybridized carbons (Fsp3) is 0.300. The first kappa shape index (κ1) is 11.6. The van der Waals surface area contributed by atoms with Gasteiger partial charge < -0.3 is 5.73 Å². The molecule has 0 fully saturated rings. The molecule has 0 saturated carbocycles. The van der Waals surface area contributed by atoms with Gasteiger partial charge in [-0.15, -0.1) is 0 Å². The molecular weight excluding hydrogens is 207 g/mol. The average molecular weight is 217 g/mol. The van der Waals surface area contributed by atoms with Crippen molar-refractivity contribution in [1.29, 1.82) is 0 Å². The monoisotopic (exact) mass is 217 g/mol. The van der Waals surface area contributed by atoms with Crippen LogP contribution in [-0.2, 0) is 4.79 Å². The van der Waals surface area contributed by atoms with Crippen LogP contribution in [0.25, 0.3) is 0 Å². The average Bonchev–Trinajstić information content (AvgIpc) is 1.99. The van der Waals surface area contributed by atoms with Gasteiger partial charge in [0, 0.05) is 24.1 Å². The van der Waals surface area contributed by atoms with Crippen LogP contribution in [0.4, 0.5) is 13.2 Å². The predicted molar refractivity (Wildman–Crippen MR) is 48.5 cm³/mol. The molecular formula is C10H10F3NO. The number of nitrogens with two attached hydrogens (primary N) is 1. The van der Waals surface area contributed by atoms with Gasteiger partial charge in [0.05, 0.1) is 0 Å². The van der Waals surface area contributed by atoms with E-state index in [0.29, 0.717) is 12.1 Å². The van der Waals surface area contributed by atoms with Crippen LogP contribution in [0.2, 0.25) is 0 Å². The molecule has 0 aliphatic rings. The molecule has 0 spiro atoms. The smallest absolute Gasteiger partial charge is 0.218 e. The van der Waals surface area contributed by atoms with Gasteiger partial charge in [0.25, 0.3) is 0 Å². The first-order valence-corrected chi connectivity index (χ1v) is 4.34. The highest BCUT2D eigenvalue weighted by atomic mass is 19.1. The van der Waals surface area contributed by atoms with Crippen LogP contribution in [0.5, 0.6) is 0 Å². The lowest BCUT2D eigenvalue weighted by Crippen LogP contribution is -2.15. The number of primary amides is 1. The van der Waals surface area contributed by atoms with Crippen molar-refractivity contribution in [3.63, 3.8) is 0 Å². The Morgan fingerprint density at radius 1 is 1.33 bits per heavy atom. The van der Waals surface area contributed by atoms with Crippen molar-refractivity contribution >= 4 is 5.91 Å². The minimum atomic E-state index is -0.999. The second kappa shape index (κ2) is 4.33. The Morgan fingerprint density at radius 2 is 1.80 bits per heavy atom. The molecule has 2 nitrogen and oxygen atoms in total. The molecule has 82 valence electrons. The Morgan fingerprint density at radius 3 is 2.20 bits per heavy atom. The Bertz CT molecular complexity index is 369. The Hall–Kier alpha value is -1.52. The third kappa shape index (κ3) is 2.71. The zero-order valence-electron chi connectivity index (χ0n) is 8.06. The zero-order chi connectivity index (χ0) is 11.6. The van der Waals surface area contributed by atoms with Crippen LogP contribution < -0.4 is 5.73 Å². The fourth-order valence-electron chi connectivity index (χ4n) is 1.43. The van der Waals surface area contributed by atoms with E-state index in [1.807, 2.05) is 0 Å². The fourth-order valence-corrected chi connectivity index (χ4v) is 1.43. The van der Waals surface area contributed by atoms with E-state index in [1.54, 1.807) is 0 Å². The highest BCUT2D eigenvalue weighted by Gasteiger charge is 2.19. The molecule has 1 rings (SSSR count). The molecule has 0 bridgehead atoms. The molecule has 0 heterocycles. The molecule has 0 aromatic heterocycles. The number of benzene rings is 1. The van der Waals surface area contributed by atoms with Crippen molar-refractivity contribution in [2.24, 2.45) is 5.73 Å². The third-order valence-electron chi connectivity index (χ3n) is 2.04. The van der Waals surface area contributed by atoms with E-state index < -0.39 is 29.3 Å². The van der Waals surface area contributed by atoms with Crippen LogP contribution in [0.3, 0.4) is 0 Å². The van der Waals surface area contributed by atoms with Crippen molar-refractivity contribution in [2.45, 2.75) is 19.3 Å². The predicted octanol–water partition coefficient (Wildman–Crippen LogP) is 2.08. The van der Waals surface area contributed by atoms with Crippen LogP contribution >= 0.6 is 0 Å². The number of hydrogen-bond donors (Lipinski definition) is 1. The summed E-state index contributed by atoms with van der Waals surface area (Å²) in [5.74, 6) is -4.35. The van der Waals surface area contributed by atoms with E-state index in [-0.39, 0.29) is 12.0 Å². The molecule has 1 unspecified atom stereocenters. The van der Waals surface area contributed by atoms with Crippen molar-refractivity contribution in [3.05, 3.63) is 35.1 Å². The van der Waals surface area contributed by atoms with E-state index >= 15 is 0 Å². The van der Waals surface area contributed by atoms with E-state index in [2.05, 4.69) is 0 Å². The summed E-state index contributed by atoms with van der Waals surface area (Å²) in [7, 11) is 0. The summed E-state index contributed by atoms with van der Waals surface area (Å²) in [6, 6.07) is 1.16. The van der Waals surface area contributed by atoms with Crippen molar-refractivity contribution < 1.29 is 18.0 Å². The molecule has 0 radical (unpaired) electrons. The second-order valence-corrected chi connectivity index (χ2v) is 3.35. The lowest BCUT2D eigenvalue weighted by atomic mass is 9.96. The maximum absolute atomic E-state index is 13.2. The van der Waals surface area contributed by atoms with Crippen LogP contribution in [0, 0.1) is 17.5 Å². The standard InChI is InChI=1S/C10H10F3NO/c1-5(2-9(14)15)10-7(12)3-6(11)4-8(10)13/h3-5H,2H2,1H3,(H2,14,15). The van der Waals surface area contributed by atoms with E-state index in [0.717, 1.165) is 0 Å². The quantitative estimate of drug-likeness (QED) is 0.827. The Labute approximate surface area is 84.9 Å². The summed E-state index contributed by atoms with van der Waals surface area (Å²) in [5.41, 5.74) is 4.59. The van der Waals surface area contributed by atoms with Crippen molar-refractivity contribution in [3.8, 4) is 0 Å². The third-order valence-corrected chi connectivity index (χ3v) is 2.04. The summed E-state index contributed by atoms with van der Waals surface area (Å²) in [4.78, 5) is 10.6. The van der Waals surface area contributed by atoms with Crippen molar-refractivity contribution in [2.75, 3.05) is 0 Å². The number of halogens is 3. The lowest BCUT2D eigenvalue weighted by molar-refractivity contribution is -0.118. The molecule has 15 heavy (non-hydrogen) atoms. The molecule has 1 aromatic carbocycles. The lowest BCUT2D eigenvalue weighted by Gasteiger charge is -2.11. The highest BCUT2D eigenvalue weighted by Crippen LogP contribution is 2.25. The van der Waals surface area contributed by atoms with Gasteiger partial charge >= 0.3 is 0 Å². The molecule has 1 aromatic rings. The summed E-state index contributed by atoms with van der Waals surface area (Å²) in [6.07, 6.45) is -0.181. The maximum atomic E-state index is 13.2. The first-order valence-electron chi connectivity index (χ1n) is 4.34. The van der Waals surface area contributed by atoms with Gasteiger partial charge in [-0.1, -0.05) is 6.92 Å². The van der Waals surface area contributed by atoms with Gasteiger partial charge in [-0.05, 0) is 5.92 Å². The summed E-state index contributed by atoms with van der Waals surface area (Å²) >= 11 is 0. The van der Waals surface area contributed by atoms with Crippen LogP contribution in [0.15, 0.2) is 12.1 Å². The molecule has 1 amide bonds. The zero-order valence-corrected chi connectivity index (χ0v) is 8.06. The van der Waals surface area contributed by atoms with Gasteiger partial charge in [0.1, 0.15) is 17.5 Å². The van der Waals surface area contributed by atoms with Crippen LogP contribution in [-0.4, -0.2) is 5.91 Å². The maximum Gasteiger partial charge on any atom is 0.218 e. The van der Waals surface area contributed by atoms with Gasteiger partial charge in [-0.2, -0.15) is 0 Å². The van der Waals surface area contributed by atoms with E-state index in [4.69, 9.17) is 5.73 Å². The van der Waals surface area contributed by atoms with Gasteiger partial charge in [-0.25, -0.2) is 13.2 Å². The summed E-state index contributed by atoms with van der Waals surface area (Å²) < 4.78 is 38.9. The minimum Gasteiger partial charge on any atom is -0.370 e. The highest BCUT2D eigenvalue weighted by molar-refractivity contribution is 5.74. The van der Waals surface area contributed by atoms with E-state index in [9.17, 15) is 18.0 Å². The molecule has 0 aliphatic carbocycles. The topological polar surface area (TPSA) is 43.1 Å². The van der Waals surface area contributed by atoms with Gasteiger partial charge in [-0.3, -0.25) is 4.79 Å². The second-order valence-electron chi connectivity index (χ2n) is 3.35. The van der Waals surface area contributed by atoms with E-state index in [1.165, 1.54) is 6.92 Å². The largest absolute Gasteiger partial charge is 0.370 e. The summed E-state index contributed by atoms with van der Waals surface area (Å²) in [5, 5.41) is 0. The molecule has 2 N–H and O–H groups in total. The number of carbonyl (C=O) groups excluding carboxylic acids is 1. The molecule has 0 aliphatic heterocycles. The van der Waals surface area contributed by atoms with Crippen LogP contribution in [0.1, 0.15) is 24.8 Å². The minimum absolute atomic E-state index is 0.181. The first-order chi connectivity index (χ1) is 6.91. The Balaban J connectivity index is 3.08. The Kier molecular flexibility index (Phi) is 3.34. The SMILES string of the molecule is CC(CC(N)=O)c1c(F)cc(F)cc1F. The summed E-state index contributed by atoms with van der Waals surface area (Å²) in [6.45, 7) is 1.45. The number of rotatable bonds is 3. The molecule has 5 heteroatoms. The number of carbonyl (C=O) groups is 1. The number of amides is 1. The normalized spacial score (nSPS) is 12.5.